The van der Waals surface area contributed by atoms with E-state index in [1.54, 1.807) is 12.4 Å². The van der Waals surface area contributed by atoms with Crippen molar-refractivity contribution in [3.63, 3.8) is 0 Å². The van der Waals surface area contributed by atoms with Crippen molar-refractivity contribution in [3.05, 3.63) is 53.6 Å². The fourth-order valence-corrected chi connectivity index (χ4v) is 6.60. The number of rotatable bonds is 7. The van der Waals surface area contributed by atoms with Gasteiger partial charge in [-0.2, -0.15) is 13.2 Å². The molecule has 4 aliphatic rings. The standard InChI is InChI=1S/C30H42F3N7O3/c1-4-23-20-38(27(42)40-15-7-11-28(40,3)30(31,32)33)16-17-39(23)24-9-12-29(43-5-2,21-8-6-13-34-18-21)37-25(24)26(41)36-22-10-14-35-19-22/h6,8-9,12-13,18,22-23,35,37H,4-5,7,10-11,14-17,19-20H2,1-3H3,(H,36,41)/t22-,23-,28?,29?/m1/s1. The van der Waals surface area contributed by atoms with Gasteiger partial charge in [0.1, 0.15) is 11.2 Å². The molecule has 43 heavy (non-hydrogen) atoms. The lowest BCUT2D eigenvalue weighted by Crippen LogP contribution is -2.62. The number of likely N-dealkylation sites (tertiary alicyclic amines) is 1. The van der Waals surface area contributed by atoms with Crippen LogP contribution < -0.4 is 16.0 Å². The van der Waals surface area contributed by atoms with Crippen LogP contribution >= 0.6 is 0 Å². The van der Waals surface area contributed by atoms with Crippen molar-refractivity contribution in [2.75, 3.05) is 45.9 Å². The third kappa shape index (κ3) is 5.93. The van der Waals surface area contributed by atoms with E-state index >= 15 is 0 Å². The molecular weight excluding hydrogens is 563 g/mol. The number of alkyl halides is 3. The molecule has 4 aliphatic heterocycles. The SMILES string of the molecule is CCOC1(c2cccnc2)C=CC(N2CCN(C(=O)N3CCCC3(C)C(F)(F)F)C[C@H]2CC)=C(C(=O)N[C@@H]2CCNC2)N1. The zero-order chi connectivity index (χ0) is 30.8. The van der Waals surface area contributed by atoms with Gasteiger partial charge in [0.2, 0.25) is 0 Å². The summed E-state index contributed by atoms with van der Waals surface area (Å²) in [4.78, 5) is 36.2. The molecule has 0 bridgehead atoms. The number of allylic oxidation sites excluding steroid dienone is 1. The van der Waals surface area contributed by atoms with Crippen LogP contribution in [0.1, 0.15) is 52.0 Å². The van der Waals surface area contributed by atoms with Crippen LogP contribution in [0.3, 0.4) is 0 Å². The zero-order valence-corrected chi connectivity index (χ0v) is 25.0. The molecule has 2 unspecified atom stereocenters. The largest absolute Gasteiger partial charge is 0.411 e. The number of hydrogen-bond donors (Lipinski definition) is 3. The predicted octanol–water partition coefficient (Wildman–Crippen LogP) is 3.05. The Morgan fingerprint density at radius 2 is 2.05 bits per heavy atom. The van der Waals surface area contributed by atoms with E-state index in [-0.39, 0.29) is 44.0 Å². The van der Waals surface area contributed by atoms with Crippen molar-refractivity contribution in [1.82, 2.24) is 35.6 Å². The van der Waals surface area contributed by atoms with Crippen LogP contribution in [0.5, 0.6) is 0 Å². The number of hydrogen-bond acceptors (Lipinski definition) is 7. The van der Waals surface area contributed by atoms with Gasteiger partial charge in [0.25, 0.3) is 5.91 Å². The highest BCUT2D eigenvalue weighted by Crippen LogP contribution is 2.43. The third-order valence-electron chi connectivity index (χ3n) is 9.14. The number of carbonyl (C=O) groups excluding carboxylic acids is 2. The molecule has 3 N–H and O–H groups in total. The number of piperazine rings is 1. The molecule has 5 rings (SSSR count). The zero-order valence-electron chi connectivity index (χ0n) is 25.0. The number of pyridine rings is 1. The van der Waals surface area contributed by atoms with Gasteiger partial charge < -0.3 is 35.4 Å². The van der Waals surface area contributed by atoms with Crippen LogP contribution in [0, 0.1) is 0 Å². The van der Waals surface area contributed by atoms with E-state index in [0.717, 1.165) is 30.4 Å². The van der Waals surface area contributed by atoms with Gasteiger partial charge in [0, 0.05) is 69.4 Å². The average Bonchev–Trinajstić information content (AvgIpc) is 3.67. The smallest absolute Gasteiger partial charge is 0.363 e. The minimum absolute atomic E-state index is 0.0197. The molecule has 3 saturated heterocycles. The summed E-state index contributed by atoms with van der Waals surface area (Å²) in [5.74, 6) is -0.271. The number of ether oxygens (including phenoxy) is 1. The molecule has 10 nitrogen and oxygen atoms in total. The summed E-state index contributed by atoms with van der Waals surface area (Å²) in [6.45, 7) is 7.76. The number of aromatic nitrogens is 1. The molecule has 3 amide bonds. The Morgan fingerprint density at radius 1 is 1.23 bits per heavy atom. The topological polar surface area (TPSA) is 102 Å². The number of carbonyl (C=O) groups is 2. The summed E-state index contributed by atoms with van der Waals surface area (Å²) >= 11 is 0. The first kappa shape index (κ1) is 31.1. The fourth-order valence-electron chi connectivity index (χ4n) is 6.60. The summed E-state index contributed by atoms with van der Waals surface area (Å²) < 4.78 is 48.1. The van der Waals surface area contributed by atoms with E-state index < -0.39 is 23.5 Å². The number of nitrogens with zero attached hydrogens (tertiary/aromatic N) is 4. The molecule has 1 aromatic rings. The Labute approximate surface area is 250 Å². The summed E-state index contributed by atoms with van der Waals surface area (Å²) in [6.07, 6.45) is 4.26. The predicted molar refractivity (Wildman–Crippen MR) is 154 cm³/mol. The van der Waals surface area contributed by atoms with Gasteiger partial charge in [-0.1, -0.05) is 13.0 Å². The second-order valence-corrected chi connectivity index (χ2v) is 11.8. The van der Waals surface area contributed by atoms with Crippen LogP contribution in [0.15, 0.2) is 48.1 Å². The lowest BCUT2D eigenvalue weighted by atomic mass is 9.97. The van der Waals surface area contributed by atoms with Gasteiger partial charge in [-0.3, -0.25) is 9.78 Å². The van der Waals surface area contributed by atoms with Crippen LogP contribution in [-0.2, 0) is 15.3 Å². The lowest BCUT2D eigenvalue weighted by molar-refractivity contribution is -0.210. The summed E-state index contributed by atoms with van der Waals surface area (Å²) in [5.41, 5.74) is -1.56. The molecule has 4 atom stereocenters. The van der Waals surface area contributed by atoms with Gasteiger partial charge in [0.15, 0.2) is 5.72 Å². The maximum Gasteiger partial charge on any atom is 0.411 e. The van der Waals surface area contributed by atoms with Crippen LogP contribution in [0.4, 0.5) is 18.0 Å². The molecule has 13 heteroatoms. The highest BCUT2D eigenvalue weighted by Gasteiger charge is 2.59. The molecule has 1 aromatic heterocycles. The number of halogens is 3. The quantitative estimate of drug-likeness (QED) is 0.439. The molecule has 0 spiro atoms. The molecule has 0 radical (unpaired) electrons. The van der Waals surface area contributed by atoms with Gasteiger partial charge >= 0.3 is 12.2 Å². The number of nitrogens with one attached hydrogen (secondary N) is 3. The first-order chi connectivity index (χ1) is 20.5. The maximum absolute atomic E-state index is 14.0. The Hall–Kier alpha value is -3.32. The van der Waals surface area contributed by atoms with Gasteiger partial charge in [-0.15, -0.1) is 0 Å². The molecular formula is C30H42F3N7O3. The van der Waals surface area contributed by atoms with E-state index in [9.17, 15) is 22.8 Å². The Bertz CT molecular complexity index is 1240. The fraction of sp³-hybridized carbons (Fsp3) is 0.633. The monoisotopic (exact) mass is 605 g/mol. The van der Waals surface area contributed by atoms with Crippen molar-refractivity contribution < 1.29 is 27.5 Å². The highest BCUT2D eigenvalue weighted by atomic mass is 19.4. The van der Waals surface area contributed by atoms with Gasteiger partial charge in [-0.25, -0.2) is 4.79 Å². The normalized spacial score (nSPS) is 29.7. The minimum atomic E-state index is -4.51. The van der Waals surface area contributed by atoms with Crippen molar-refractivity contribution in [1.29, 1.82) is 0 Å². The Morgan fingerprint density at radius 3 is 2.70 bits per heavy atom. The van der Waals surface area contributed by atoms with Crippen molar-refractivity contribution in [2.24, 2.45) is 0 Å². The number of amides is 3. The van der Waals surface area contributed by atoms with Crippen LogP contribution in [0.25, 0.3) is 0 Å². The molecule has 3 fully saturated rings. The first-order valence-corrected chi connectivity index (χ1v) is 15.2. The maximum atomic E-state index is 14.0. The molecule has 0 saturated carbocycles. The second kappa shape index (κ2) is 12.4. The van der Waals surface area contributed by atoms with E-state index in [4.69, 9.17) is 4.74 Å². The lowest BCUT2D eigenvalue weighted by Gasteiger charge is -2.47. The third-order valence-corrected chi connectivity index (χ3v) is 9.14. The average molecular weight is 606 g/mol. The summed E-state index contributed by atoms with van der Waals surface area (Å²) in [7, 11) is 0. The van der Waals surface area contributed by atoms with Crippen molar-refractivity contribution in [3.8, 4) is 0 Å². The first-order valence-electron chi connectivity index (χ1n) is 15.2. The minimum Gasteiger partial charge on any atom is -0.363 e. The highest BCUT2D eigenvalue weighted by molar-refractivity contribution is 5.94. The van der Waals surface area contributed by atoms with Crippen molar-refractivity contribution in [2.45, 2.75) is 76.0 Å². The Balaban J connectivity index is 1.43. The van der Waals surface area contributed by atoms with Gasteiger partial charge in [0.05, 0.1) is 5.70 Å². The molecule has 0 aliphatic carbocycles. The second-order valence-electron chi connectivity index (χ2n) is 11.8. The van der Waals surface area contributed by atoms with Gasteiger partial charge in [-0.05, 0) is 64.3 Å². The van der Waals surface area contributed by atoms with Crippen molar-refractivity contribution >= 4 is 11.9 Å². The number of dihydropyridines is 1. The van der Waals surface area contributed by atoms with Crippen LogP contribution in [-0.4, -0.2) is 101 Å². The van der Waals surface area contributed by atoms with E-state index in [0.29, 0.717) is 43.9 Å². The molecule has 0 aromatic carbocycles. The summed E-state index contributed by atoms with van der Waals surface area (Å²) in [5, 5.41) is 9.80. The van der Waals surface area contributed by atoms with E-state index in [2.05, 4.69) is 25.8 Å². The number of urea groups is 1. The summed E-state index contributed by atoms with van der Waals surface area (Å²) in [6, 6.07) is 2.87. The molecule has 236 valence electrons. The Kier molecular flexibility index (Phi) is 8.94. The van der Waals surface area contributed by atoms with E-state index in [1.165, 1.54) is 4.90 Å². The molecule has 5 heterocycles. The van der Waals surface area contributed by atoms with Crippen LogP contribution in [0.2, 0.25) is 0 Å². The van der Waals surface area contributed by atoms with E-state index in [1.807, 2.05) is 38.1 Å².